The van der Waals surface area contributed by atoms with Crippen LogP contribution >= 0.6 is 11.6 Å². The number of methoxy groups -OCH3 is 1. The SMILES string of the molecule is CC(=O)O.COc1cc(Nc2nc3nc(C(F)(F)F)cc(-c4ccc(F)c(Cl)c4)n3n2)ccc1-n1cnc(C)c1. The van der Waals surface area contributed by atoms with Crippen LogP contribution in [0.15, 0.2) is 55.0 Å². The van der Waals surface area contributed by atoms with E-state index in [4.69, 9.17) is 26.2 Å². The number of aromatic nitrogens is 6. The minimum atomic E-state index is -4.74. The Balaban J connectivity index is 0.000000867. The first kappa shape index (κ1) is 28.3. The second-order valence-corrected chi connectivity index (χ2v) is 8.66. The molecule has 15 heteroatoms. The minimum absolute atomic E-state index is 0.00967. The summed E-state index contributed by atoms with van der Waals surface area (Å²) in [5, 5.41) is 14.4. The number of anilines is 2. The van der Waals surface area contributed by atoms with Crippen LogP contribution in [0.25, 0.3) is 22.7 Å². The molecule has 0 spiro atoms. The van der Waals surface area contributed by atoms with Gasteiger partial charge in [-0.3, -0.25) is 4.79 Å². The van der Waals surface area contributed by atoms with Crippen molar-refractivity contribution in [1.82, 2.24) is 29.1 Å². The van der Waals surface area contributed by atoms with Crippen molar-refractivity contribution >= 4 is 35.0 Å². The topological polar surface area (TPSA) is 119 Å². The van der Waals surface area contributed by atoms with Crippen molar-refractivity contribution in [2.24, 2.45) is 0 Å². The van der Waals surface area contributed by atoms with Gasteiger partial charge in [-0.05, 0) is 43.3 Å². The van der Waals surface area contributed by atoms with Crippen LogP contribution in [-0.2, 0) is 11.0 Å². The molecule has 0 aliphatic rings. The second kappa shape index (κ2) is 11.2. The Kier molecular flexibility index (Phi) is 7.91. The molecule has 0 amide bonds. The van der Waals surface area contributed by atoms with E-state index in [0.29, 0.717) is 11.4 Å². The zero-order valence-corrected chi connectivity index (χ0v) is 21.8. The molecule has 0 radical (unpaired) electrons. The Morgan fingerprint density at radius 2 is 1.85 bits per heavy atom. The van der Waals surface area contributed by atoms with Crippen LogP contribution in [0.5, 0.6) is 5.75 Å². The van der Waals surface area contributed by atoms with Gasteiger partial charge in [-0.1, -0.05) is 11.6 Å². The van der Waals surface area contributed by atoms with Crippen molar-refractivity contribution < 1.29 is 32.2 Å². The van der Waals surface area contributed by atoms with Gasteiger partial charge in [0.25, 0.3) is 11.7 Å². The maximum Gasteiger partial charge on any atom is 0.433 e. The second-order valence-electron chi connectivity index (χ2n) is 8.25. The monoisotopic (exact) mass is 577 g/mol. The summed E-state index contributed by atoms with van der Waals surface area (Å²) in [6.45, 7) is 2.94. The number of hydrogen-bond acceptors (Lipinski definition) is 7. The lowest BCUT2D eigenvalue weighted by Gasteiger charge is -2.11. The van der Waals surface area contributed by atoms with E-state index >= 15 is 0 Å². The zero-order valence-electron chi connectivity index (χ0n) is 21.0. The Morgan fingerprint density at radius 3 is 2.45 bits per heavy atom. The van der Waals surface area contributed by atoms with Crippen molar-refractivity contribution in [2.45, 2.75) is 20.0 Å². The maximum atomic E-state index is 13.7. The summed E-state index contributed by atoms with van der Waals surface area (Å²) in [4.78, 5) is 20.9. The lowest BCUT2D eigenvalue weighted by molar-refractivity contribution is -0.141. The largest absolute Gasteiger partial charge is 0.494 e. The summed E-state index contributed by atoms with van der Waals surface area (Å²) in [6.07, 6.45) is -1.26. The molecule has 5 aromatic rings. The van der Waals surface area contributed by atoms with Crippen LogP contribution < -0.4 is 10.1 Å². The van der Waals surface area contributed by atoms with Crippen molar-refractivity contribution in [3.63, 3.8) is 0 Å². The van der Waals surface area contributed by atoms with E-state index in [1.165, 1.54) is 19.2 Å². The predicted octanol–water partition coefficient (Wildman–Crippen LogP) is 5.94. The number of carboxylic acids is 1. The average molecular weight is 578 g/mol. The van der Waals surface area contributed by atoms with Gasteiger partial charge < -0.3 is 19.7 Å². The number of benzene rings is 2. The van der Waals surface area contributed by atoms with Gasteiger partial charge in [-0.2, -0.15) is 22.7 Å². The number of nitrogens with zero attached hydrogens (tertiary/aromatic N) is 6. The van der Waals surface area contributed by atoms with E-state index in [2.05, 4.69) is 25.4 Å². The van der Waals surface area contributed by atoms with Crippen LogP contribution in [0, 0.1) is 12.7 Å². The standard InChI is InChI=1S/C23H16ClF4N7O.C2H4O2/c1-12-10-34(11-29-12)17-6-4-14(8-19(17)36-2)30-21-32-22-31-20(23(26,27)28)9-18(35(22)33-21)13-3-5-16(25)15(24)7-13;1-2(3)4/h3-11H,1-2H3,(H,30,33);1H3,(H,3,4). The molecule has 0 fully saturated rings. The molecule has 10 nitrogen and oxygen atoms in total. The highest BCUT2D eigenvalue weighted by Gasteiger charge is 2.34. The molecule has 0 aliphatic heterocycles. The van der Waals surface area contributed by atoms with E-state index in [9.17, 15) is 17.6 Å². The number of alkyl halides is 3. The molecule has 0 saturated carbocycles. The first-order valence-corrected chi connectivity index (χ1v) is 11.7. The Morgan fingerprint density at radius 1 is 1.12 bits per heavy atom. The maximum absolute atomic E-state index is 13.7. The highest BCUT2D eigenvalue weighted by Crippen LogP contribution is 2.33. The molecule has 208 valence electrons. The first-order valence-electron chi connectivity index (χ1n) is 11.3. The van der Waals surface area contributed by atoms with E-state index < -0.39 is 23.7 Å². The van der Waals surface area contributed by atoms with Crippen LogP contribution in [0.4, 0.5) is 29.2 Å². The lowest BCUT2D eigenvalue weighted by atomic mass is 10.1. The van der Waals surface area contributed by atoms with Gasteiger partial charge in [0.2, 0.25) is 5.95 Å². The van der Waals surface area contributed by atoms with Gasteiger partial charge in [0.1, 0.15) is 11.6 Å². The smallest absolute Gasteiger partial charge is 0.433 e. The van der Waals surface area contributed by atoms with Crippen LogP contribution in [-0.4, -0.2) is 47.3 Å². The summed E-state index contributed by atoms with van der Waals surface area (Å²) in [6, 6.07) is 9.57. The number of fused-ring (bicyclic) bond motifs is 1. The average Bonchev–Trinajstić information content (AvgIpc) is 3.49. The van der Waals surface area contributed by atoms with Crippen LogP contribution in [0.2, 0.25) is 5.02 Å². The summed E-state index contributed by atoms with van der Waals surface area (Å²) in [7, 11) is 1.51. The summed E-state index contributed by atoms with van der Waals surface area (Å²) in [5.74, 6) is -1.34. The minimum Gasteiger partial charge on any atom is -0.494 e. The predicted molar refractivity (Wildman–Crippen MR) is 138 cm³/mol. The molecule has 0 saturated heterocycles. The van der Waals surface area contributed by atoms with Crippen molar-refractivity contribution in [2.75, 3.05) is 12.4 Å². The van der Waals surface area contributed by atoms with Crippen molar-refractivity contribution in [1.29, 1.82) is 0 Å². The van der Waals surface area contributed by atoms with Gasteiger partial charge >= 0.3 is 6.18 Å². The third kappa shape index (κ3) is 6.29. The molecule has 2 N–H and O–H groups in total. The Bertz CT molecular complexity index is 1700. The number of ether oxygens (including phenoxy) is 1. The fourth-order valence-corrected chi connectivity index (χ4v) is 3.76. The lowest BCUT2D eigenvalue weighted by Crippen LogP contribution is -2.11. The van der Waals surface area contributed by atoms with Gasteiger partial charge in [0.05, 0.1) is 35.5 Å². The molecule has 0 bridgehead atoms. The molecule has 3 heterocycles. The number of halogens is 5. The summed E-state index contributed by atoms with van der Waals surface area (Å²) < 4.78 is 62.7. The highest BCUT2D eigenvalue weighted by atomic mass is 35.5. The molecule has 0 aliphatic carbocycles. The van der Waals surface area contributed by atoms with Gasteiger partial charge in [-0.25, -0.2) is 14.4 Å². The van der Waals surface area contributed by atoms with Crippen LogP contribution in [0.1, 0.15) is 18.3 Å². The normalized spacial score (nSPS) is 11.2. The number of aliphatic carboxylic acids is 1. The van der Waals surface area contributed by atoms with E-state index in [-0.39, 0.29) is 28.0 Å². The van der Waals surface area contributed by atoms with Crippen molar-refractivity contribution in [3.05, 3.63) is 77.2 Å². The number of hydrogen-bond donors (Lipinski definition) is 2. The summed E-state index contributed by atoms with van der Waals surface area (Å²) in [5.41, 5.74) is 1.10. The van der Waals surface area contributed by atoms with Gasteiger partial charge in [0.15, 0.2) is 5.69 Å². The van der Waals surface area contributed by atoms with Gasteiger partial charge in [0, 0.05) is 30.4 Å². The third-order valence-electron chi connectivity index (χ3n) is 5.24. The molecule has 40 heavy (non-hydrogen) atoms. The summed E-state index contributed by atoms with van der Waals surface area (Å²) >= 11 is 5.86. The number of aryl methyl sites for hydroxylation is 1. The van der Waals surface area contributed by atoms with E-state index in [0.717, 1.165) is 35.0 Å². The Hall–Kier alpha value is -4.72. The fraction of sp³-hybridized carbons (Fsp3) is 0.160. The first-order chi connectivity index (χ1) is 18.8. The van der Waals surface area contributed by atoms with Gasteiger partial charge in [-0.15, -0.1) is 5.10 Å². The molecule has 3 aromatic heterocycles. The molecule has 0 atom stereocenters. The zero-order chi connectivity index (χ0) is 29.2. The molecule has 2 aromatic carbocycles. The third-order valence-corrected chi connectivity index (χ3v) is 5.53. The number of carbonyl (C=O) groups is 1. The van der Waals surface area contributed by atoms with Crippen LogP contribution in [0.3, 0.4) is 0 Å². The number of rotatable bonds is 5. The quantitative estimate of drug-likeness (QED) is 0.246. The fourth-order valence-electron chi connectivity index (χ4n) is 3.58. The molecular weight excluding hydrogens is 558 g/mol. The molecule has 0 unspecified atom stereocenters. The Labute approximate surface area is 228 Å². The van der Waals surface area contributed by atoms with E-state index in [1.807, 2.05) is 13.1 Å². The number of nitrogens with one attached hydrogen (secondary N) is 1. The molecule has 5 rings (SSSR count). The number of carboxylic acid groups (broad SMARTS) is 1. The molecular formula is C25H20ClF4N7O3. The highest BCUT2D eigenvalue weighted by molar-refractivity contribution is 6.31. The van der Waals surface area contributed by atoms with Crippen molar-refractivity contribution in [3.8, 4) is 22.7 Å². The van der Waals surface area contributed by atoms with E-state index in [1.54, 1.807) is 29.1 Å². The number of imidazole rings is 1.